The minimum atomic E-state index is -0.395. The van der Waals surface area contributed by atoms with Crippen molar-refractivity contribution in [3.63, 3.8) is 0 Å². The van der Waals surface area contributed by atoms with Crippen molar-refractivity contribution in [1.82, 2.24) is 25.5 Å². The fourth-order valence-corrected chi connectivity index (χ4v) is 3.98. The number of aryl methyl sites for hydroxylation is 1. The van der Waals surface area contributed by atoms with Crippen LogP contribution in [0, 0.1) is 12.7 Å². The van der Waals surface area contributed by atoms with Gasteiger partial charge in [0.2, 0.25) is 0 Å². The molecule has 1 aliphatic rings. The third kappa shape index (κ3) is 4.79. The third-order valence-corrected chi connectivity index (χ3v) is 5.84. The first-order valence-corrected chi connectivity index (χ1v) is 11.2. The zero-order valence-corrected chi connectivity index (χ0v) is 19.2. The minimum absolute atomic E-state index is 0.324. The molecule has 0 radical (unpaired) electrons. The molecule has 0 bridgehead atoms. The van der Waals surface area contributed by atoms with E-state index in [4.69, 9.17) is 4.84 Å². The van der Waals surface area contributed by atoms with Crippen LogP contribution in [0.1, 0.15) is 58.5 Å². The summed E-state index contributed by atoms with van der Waals surface area (Å²) >= 11 is 0. The molecule has 2 atom stereocenters. The number of oxime groups is 1. The molecule has 0 fully saturated rings. The Morgan fingerprint density at radius 3 is 2.74 bits per heavy atom. The highest BCUT2D eigenvalue weighted by molar-refractivity contribution is 6.05. The van der Waals surface area contributed by atoms with Crippen molar-refractivity contribution in [3.05, 3.63) is 101 Å². The van der Waals surface area contributed by atoms with Crippen molar-refractivity contribution in [3.8, 4) is 11.1 Å². The summed E-state index contributed by atoms with van der Waals surface area (Å²) in [5.41, 5.74) is 4.26. The molecule has 0 aliphatic carbocycles. The van der Waals surface area contributed by atoms with Gasteiger partial charge in [0.15, 0.2) is 6.10 Å². The summed E-state index contributed by atoms with van der Waals surface area (Å²) in [5, 5.41) is 13.8. The van der Waals surface area contributed by atoms with Crippen LogP contribution in [0.2, 0.25) is 0 Å². The molecule has 0 saturated heterocycles. The number of nitrogens with one attached hydrogen (secondary N) is 2. The fourth-order valence-electron chi connectivity index (χ4n) is 3.98. The predicted molar refractivity (Wildman–Crippen MR) is 128 cm³/mol. The lowest BCUT2D eigenvalue weighted by atomic mass is 9.94. The summed E-state index contributed by atoms with van der Waals surface area (Å²) in [4.78, 5) is 27.3. The van der Waals surface area contributed by atoms with Crippen molar-refractivity contribution in [2.45, 2.75) is 32.4 Å². The molecule has 8 nitrogen and oxygen atoms in total. The van der Waals surface area contributed by atoms with E-state index in [1.165, 1.54) is 12.4 Å². The minimum Gasteiger partial charge on any atom is -0.385 e. The first-order chi connectivity index (χ1) is 17.0. The number of hydrogen-bond acceptors (Lipinski definition) is 6. The summed E-state index contributed by atoms with van der Waals surface area (Å²) < 4.78 is 14.9. The second-order valence-corrected chi connectivity index (χ2v) is 8.44. The zero-order valence-electron chi connectivity index (χ0n) is 19.2. The lowest BCUT2D eigenvalue weighted by Crippen LogP contribution is -2.27. The van der Waals surface area contributed by atoms with E-state index in [1.54, 1.807) is 31.3 Å². The van der Waals surface area contributed by atoms with Gasteiger partial charge in [-0.15, -0.1) is 0 Å². The Morgan fingerprint density at radius 1 is 1.14 bits per heavy atom. The van der Waals surface area contributed by atoms with E-state index in [0.29, 0.717) is 40.2 Å². The van der Waals surface area contributed by atoms with E-state index in [2.05, 4.69) is 30.6 Å². The maximum Gasteiger partial charge on any atom is 0.251 e. The Kier molecular flexibility index (Phi) is 6.05. The molecule has 9 heteroatoms. The van der Waals surface area contributed by atoms with Gasteiger partial charge in [0.1, 0.15) is 18.0 Å². The molecule has 5 rings (SSSR count). The van der Waals surface area contributed by atoms with Gasteiger partial charge in [0, 0.05) is 29.3 Å². The van der Waals surface area contributed by atoms with Gasteiger partial charge in [-0.2, -0.15) is 5.10 Å². The van der Waals surface area contributed by atoms with Gasteiger partial charge < -0.3 is 10.2 Å². The molecule has 2 aromatic carbocycles. The Bertz CT molecular complexity index is 1390. The third-order valence-electron chi connectivity index (χ3n) is 5.84. The van der Waals surface area contributed by atoms with Crippen LogP contribution in [0.4, 0.5) is 4.39 Å². The number of hydrogen-bond donors (Lipinski definition) is 2. The quantitative estimate of drug-likeness (QED) is 0.426. The summed E-state index contributed by atoms with van der Waals surface area (Å²) in [6.45, 7) is 3.63. The molecular weight excluding hydrogens is 447 g/mol. The van der Waals surface area contributed by atoms with E-state index in [9.17, 15) is 9.18 Å². The van der Waals surface area contributed by atoms with Gasteiger partial charge in [-0.3, -0.25) is 14.9 Å². The molecule has 0 saturated carbocycles. The predicted octanol–water partition coefficient (Wildman–Crippen LogP) is 4.67. The second kappa shape index (κ2) is 9.46. The van der Waals surface area contributed by atoms with Crippen molar-refractivity contribution in [1.29, 1.82) is 0 Å². The van der Waals surface area contributed by atoms with Crippen LogP contribution in [0.25, 0.3) is 11.1 Å². The summed E-state index contributed by atoms with van der Waals surface area (Å²) in [6, 6.07) is 15.5. The summed E-state index contributed by atoms with van der Waals surface area (Å²) in [5.74, 6) is -0.157. The van der Waals surface area contributed by atoms with Crippen LogP contribution in [0.15, 0.2) is 72.3 Å². The number of aromatic nitrogens is 4. The van der Waals surface area contributed by atoms with Crippen molar-refractivity contribution in [2.24, 2.45) is 5.16 Å². The van der Waals surface area contributed by atoms with Crippen molar-refractivity contribution >= 4 is 11.6 Å². The number of carbonyl (C=O) groups is 1. The number of amides is 1. The average Bonchev–Trinajstić information content (AvgIpc) is 3.57. The number of pyridine rings is 1. The summed E-state index contributed by atoms with van der Waals surface area (Å²) in [6.07, 6.45) is 3.24. The number of benzene rings is 2. The van der Waals surface area contributed by atoms with E-state index in [1.807, 2.05) is 37.3 Å². The molecule has 1 amide bonds. The van der Waals surface area contributed by atoms with E-state index in [-0.39, 0.29) is 17.8 Å². The first kappa shape index (κ1) is 22.4. The van der Waals surface area contributed by atoms with Crippen LogP contribution in [0.3, 0.4) is 0 Å². The number of aromatic amines is 1. The molecule has 1 unspecified atom stereocenters. The molecule has 3 heterocycles. The van der Waals surface area contributed by atoms with Crippen LogP contribution in [-0.2, 0) is 4.84 Å². The largest absolute Gasteiger partial charge is 0.385 e. The molecule has 176 valence electrons. The molecule has 2 aromatic heterocycles. The number of halogens is 1. The fraction of sp³-hybridized carbons (Fsp3) is 0.192. The molecular formula is C26H23FN6O2. The van der Waals surface area contributed by atoms with Crippen LogP contribution >= 0.6 is 0 Å². The lowest BCUT2D eigenvalue weighted by molar-refractivity contribution is 0.0826. The Hall–Kier alpha value is -4.40. The maximum absolute atomic E-state index is 14.9. The lowest BCUT2D eigenvalue weighted by Gasteiger charge is -2.14. The zero-order chi connectivity index (χ0) is 24.4. The van der Waals surface area contributed by atoms with Gasteiger partial charge in [-0.05, 0) is 61.4 Å². The average molecular weight is 471 g/mol. The first-order valence-electron chi connectivity index (χ1n) is 11.2. The Morgan fingerprint density at radius 2 is 2.00 bits per heavy atom. The number of H-pyrrole nitrogens is 1. The molecule has 2 N–H and O–H groups in total. The maximum atomic E-state index is 14.9. The van der Waals surface area contributed by atoms with Gasteiger partial charge >= 0.3 is 0 Å². The van der Waals surface area contributed by atoms with Crippen LogP contribution in [-0.4, -0.2) is 31.8 Å². The van der Waals surface area contributed by atoms with Crippen molar-refractivity contribution < 1.29 is 14.0 Å². The second-order valence-electron chi connectivity index (χ2n) is 8.44. The number of nitrogens with zero attached hydrogens (tertiary/aromatic N) is 4. The van der Waals surface area contributed by atoms with Gasteiger partial charge in [0.25, 0.3) is 5.91 Å². The summed E-state index contributed by atoms with van der Waals surface area (Å²) in [7, 11) is 0. The van der Waals surface area contributed by atoms with Gasteiger partial charge in [-0.1, -0.05) is 23.4 Å². The highest BCUT2D eigenvalue weighted by Gasteiger charge is 2.26. The van der Waals surface area contributed by atoms with E-state index < -0.39 is 6.04 Å². The Balaban J connectivity index is 1.49. The topological polar surface area (TPSA) is 105 Å². The van der Waals surface area contributed by atoms with Crippen LogP contribution in [0.5, 0.6) is 0 Å². The van der Waals surface area contributed by atoms with Crippen molar-refractivity contribution in [2.75, 3.05) is 0 Å². The molecule has 0 spiro atoms. The van der Waals surface area contributed by atoms with Crippen LogP contribution < -0.4 is 5.32 Å². The van der Waals surface area contributed by atoms with E-state index >= 15 is 0 Å². The highest BCUT2D eigenvalue weighted by atomic mass is 19.1. The highest BCUT2D eigenvalue weighted by Crippen LogP contribution is 2.32. The smallest absolute Gasteiger partial charge is 0.251 e. The number of rotatable bonds is 6. The van der Waals surface area contributed by atoms with Gasteiger partial charge in [-0.25, -0.2) is 9.37 Å². The SMILES string of the molecule is Cc1ccc(-c2cc(C(=O)NC(C)c3ncn[nH]3)cc(C3=NO[C@H](c4ccccn4)C3)c2)c(F)c1. The van der Waals surface area contributed by atoms with Gasteiger partial charge in [0.05, 0.1) is 17.4 Å². The monoisotopic (exact) mass is 470 g/mol. The normalized spacial score (nSPS) is 15.9. The van der Waals surface area contributed by atoms with E-state index in [0.717, 1.165) is 11.3 Å². The Labute approximate surface area is 201 Å². The molecule has 35 heavy (non-hydrogen) atoms. The number of carbonyl (C=O) groups excluding carboxylic acids is 1. The molecule has 4 aromatic rings. The standard InChI is InChI=1S/C26H23FN6O2/c1-15-6-7-20(21(27)9-15)17-10-18(23-13-24(35-33-23)22-5-3-4-8-28-22)12-19(11-17)26(34)31-16(2)25-29-14-30-32-25/h3-12,14,16,24H,13H2,1-2H3,(H,31,34)(H,29,30,32)/t16?,24-/m0/s1. The molecule has 1 aliphatic heterocycles.